The van der Waals surface area contributed by atoms with Crippen molar-refractivity contribution < 1.29 is 9.59 Å². The monoisotopic (exact) mass is 274 g/mol. The maximum Gasteiger partial charge on any atom is 0.309 e. The molecule has 0 atom stereocenters. The number of hydrogen-bond donors (Lipinski definition) is 3. The zero-order chi connectivity index (χ0) is 14.5. The van der Waals surface area contributed by atoms with Crippen molar-refractivity contribution in [2.45, 2.75) is 13.1 Å². The molecule has 8 heteroatoms. The van der Waals surface area contributed by atoms with Crippen molar-refractivity contribution in [1.29, 1.82) is 0 Å². The van der Waals surface area contributed by atoms with Crippen LogP contribution in [0.5, 0.6) is 0 Å². The second-order valence-electron chi connectivity index (χ2n) is 4.11. The lowest BCUT2D eigenvalue weighted by Crippen LogP contribution is -2.35. The summed E-state index contributed by atoms with van der Waals surface area (Å²) in [6.45, 7) is 0.478. The number of nitrogens with zero attached hydrogens (tertiary/aromatic N) is 3. The number of rotatable bonds is 4. The molecule has 1 aromatic carbocycles. The topological polar surface area (TPSA) is 129 Å². The van der Waals surface area contributed by atoms with E-state index in [-0.39, 0.29) is 6.54 Å². The number of hydrogen-bond acceptors (Lipinski definition) is 5. The van der Waals surface area contributed by atoms with Gasteiger partial charge >= 0.3 is 11.8 Å². The molecule has 1 aromatic heterocycles. The minimum absolute atomic E-state index is 0.00238. The third-order valence-corrected chi connectivity index (χ3v) is 2.66. The maximum atomic E-state index is 11.0. The second kappa shape index (κ2) is 5.83. The molecule has 0 saturated carbocycles. The molecule has 2 rings (SSSR count). The number of carbonyl (C=O) groups excluding carboxylic acids is 2. The smallest absolute Gasteiger partial charge is 0.309 e. The van der Waals surface area contributed by atoms with Crippen LogP contribution in [-0.4, -0.2) is 26.8 Å². The average Bonchev–Trinajstić information content (AvgIpc) is 2.78. The van der Waals surface area contributed by atoms with E-state index in [2.05, 4.69) is 15.6 Å². The molecule has 0 aliphatic carbocycles. The van der Waals surface area contributed by atoms with Crippen LogP contribution in [0.25, 0.3) is 0 Å². The second-order valence-corrected chi connectivity index (χ2v) is 4.11. The Morgan fingerprint density at radius 2 is 1.95 bits per heavy atom. The summed E-state index contributed by atoms with van der Waals surface area (Å²) in [5, 5.41) is 10.1. The molecular weight excluding hydrogens is 260 g/mol. The van der Waals surface area contributed by atoms with E-state index in [1.165, 1.54) is 4.68 Å². The normalized spacial score (nSPS) is 10.2. The average molecular weight is 274 g/mol. The van der Waals surface area contributed by atoms with Crippen molar-refractivity contribution in [2.24, 2.45) is 5.73 Å². The van der Waals surface area contributed by atoms with E-state index in [0.29, 0.717) is 18.1 Å². The standard InChI is InChI=1S/C12H14N6O2/c13-10-9(6-15-12(20)11(14)19)16-17-18(10)7-8-4-2-1-3-5-8/h1-5H,6-7,13H2,(H2,14,19)(H,15,20). The molecular formula is C12H14N6O2. The highest BCUT2D eigenvalue weighted by Gasteiger charge is 2.13. The van der Waals surface area contributed by atoms with Crippen LogP contribution in [0.4, 0.5) is 5.82 Å². The van der Waals surface area contributed by atoms with Gasteiger partial charge in [0.25, 0.3) is 0 Å². The predicted octanol–water partition coefficient (Wildman–Crippen LogP) is -0.990. The van der Waals surface area contributed by atoms with E-state index in [4.69, 9.17) is 11.5 Å². The molecule has 0 radical (unpaired) electrons. The predicted molar refractivity (Wildman–Crippen MR) is 71.0 cm³/mol. The lowest BCUT2D eigenvalue weighted by molar-refractivity contribution is -0.137. The Hall–Kier alpha value is -2.90. The minimum Gasteiger partial charge on any atom is -0.382 e. The lowest BCUT2D eigenvalue weighted by atomic mass is 10.2. The van der Waals surface area contributed by atoms with Crippen LogP contribution in [-0.2, 0) is 22.7 Å². The molecule has 0 spiro atoms. The minimum atomic E-state index is -1.06. The zero-order valence-electron chi connectivity index (χ0n) is 10.6. The van der Waals surface area contributed by atoms with E-state index < -0.39 is 11.8 Å². The van der Waals surface area contributed by atoms with E-state index >= 15 is 0 Å². The molecule has 0 aliphatic rings. The number of carbonyl (C=O) groups is 2. The van der Waals surface area contributed by atoms with Gasteiger partial charge in [0.1, 0.15) is 11.5 Å². The van der Waals surface area contributed by atoms with Crippen LogP contribution in [0.2, 0.25) is 0 Å². The molecule has 5 N–H and O–H groups in total. The molecule has 0 unspecified atom stereocenters. The highest BCUT2D eigenvalue weighted by atomic mass is 16.2. The van der Waals surface area contributed by atoms with Gasteiger partial charge in [-0.15, -0.1) is 5.10 Å². The van der Waals surface area contributed by atoms with Gasteiger partial charge in [0.05, 0.1) is 13.1 Å². The van der Waals surface area contributed by atoms with Crippen molar-refractivity contribution in [3.8, 4) is 0 Å². The molecule has 104 valence electrons. The van der Waals surface area contributed by atoms with Crippen molar-refractivity contribution in [1.82, 2.24) is 20.3 Å². The van der Waals surface area contributed by atoms with Gasteiger partial charge in [-0.1, -0.05) is 35.5 Å². The molecule has 0 saturated heterocycles. The fourth-order valence-corrected chi connectivity index (χ4v) is 1.61. The van der Waals surface area contributed by atoms with Crippen LogP contribution >= 0.6 is 0 Å². The van der Waals surface area contributed by atoms with E-state index in [9.17, 15) is 9.59 Å². The quantitative estimate of drug-likeness (QED) is 0.616. The van der Waals surface area contributed by atoms with Gasteiger partial charge in [-0.3, -0.25) is 9.59 Å². The Bertz CT molecular complexity index is 622. The van der Waals surface area contributed by atoms with Crippen molar-refractivity contribution in [3.63, 3.8) is 0 Å². The number of aromatic nitrogens is 3. The number of benzene rings is 1. The Morgan fingerprint density at radius 1 is 1.25 bits per heavy atom. The van der Waals surface area contributed by atoms with Crippen LogP contribution in [0.1, 0.15) is 11.3 Å². The number of nitrogen functional groups attached to an aromatic ring is 1. The molecule has 0 aliphatic heterocycles. The summed E-state index contributed by atoms with van der Waals surface area (Å²) >= 11 is 0. The molecule has 0 bridgehead atoms. The van der Waals surface area contributed by atoms with Gasteiger partial charge < -0.3 is 16.8 Å². The van der Waals surface area contributed by atoms with Gasteiger partial charge in [-0.25, -0.2) is 4.68 Å². The Morgan fingerprint density at radius 3 is 2.60 bits per heavy atom. The fraction of sp³-hybridized carbons (Fsp3) is 0.167. The van der Waals surface area contributed by atoms with E-state index in [0.717, 1.165) is 5.56 Å². The summed E-state index contributed by atoms with van der Waals surface area (Å²) < 4.78 is 1.51. The van der Waals surface area contributed by atoms with Gasteiger partial charge in [-0.05, 0) is 5.56 Å². The summed E-state index contributed by atoms with van der Waals surface area (Å²) in [5.74, 6) is -1.61. The summed E-state index contributed by atoms with van der Waals surface area (Å²) in [7, 11) is 0. The first kappa shape index (κ1) is 13.5. The number of amides is 2. The maximum absolute atomic E-state index is 11.0. The number of anilines is 1. The zero-order valence-corrected chi connectivity index (χ0v) is 10.6. The summed E-state index contributed by atoms with van der Waals surface area (Å²) in [6, 6.07) is 9.62. The summed E-state index contributed by atoms with van der Waals surface area (Å²) in [4.78, 5) is 21.6. The number of primary amides is 1. The first-order chi connectivity index (χ1) is 9.58. The van der Waals surface area contributed by atoms with Gasteiger partial charge in [-0.2, -0.15) is 0 Å². The van der Waals surface area contributed by atoms with E-state index in [1.54, 1.807) is 0 Å². The Balaban J connectivity index is 2.04. The molecule has 8 nitrogen and oxygen atoms in total. The first-order valence-corrected chi connectivity index (χ1v) is 5.87. The van der Waals surface area contributed by atoms with Crippen LogP contribution in [0.3, 0.4) is 0 Å². The fourth-order valence-electron chi connectivity index (χ4n) is 1.61. The SMILES string of the molecule is NC(=O)C(=O)NCc1nnn(Cc2ccccc2)c1N. The van der Waals surface area contributed by atoms with Gasteiger partial charge in [0.2, 0.25) is 0 Å². The van der Waals surface area contributed by atoms with Crippen molar-refractivity contribution >= 4 is 17.6 Å². The Kier molecular flexibility index (Phi) is 3.94. The van der Waals surface area contributed by atoms with Crippen molar-refractivity contribution in [3.05, 3.63) is 41.6 Å². The van der Waals surface area contributed by atoms with Crippen LogP contribution in [0.15, 0.2) is 30.3 Å². The largest absolute Gasteiger partial charge is 0.382 e. The highest BCUT2D eigenvalue weighted by Crippen LogP contribution is 2.10. The third kappa shape index (κ3) is 3.10. The molecule has 20 heavy (non-hydrogen) atoms. The van der Waals surface area contributed by atoms with Gasteiger partial charge in [0.15, 0.2) is 0 Å². The molecule has 2 aromatic rings. The summed E-state index contributed by atoms with van der Waals surface area (Å²) in [5.41, 5.74) is 12.1. The molecule has 2 amide bonds. The summed E-state index contributed by atoms with van der Waals surface area (Å²) in [6.07, 6.45) is 0. The molecule has 0 fully saturated rings. The third-order valence-electron chi connectivity index (χ3n) is 2.66. The van der Waals surface area contributed by atoms with E-state index in [1.807, 2.05) is 30.3 Å². The first-order valence-electron chi connectivity index (χ1n) is 5.87. The molecule has 1 heterocycles. The van der Waals surface area contributed by atoms with Gasteiger partial charge in [0, 0.05) is 0 Å². The van der Waals surface area contributed by atoms with Crippen molar-refractivity contribution in [2.75, 3.05) is 5.73 Å². The van der Waals surface area contributed by atoms with Crippen LogP contribution in [0, 0.1) is 0 Å². The lowest BCUT2D eigenvalue weighted by Gasteiger charge is -2.04. The number of nitrogens with two attached hydrogens (primary N) is 2. The highest BCUT2D eigenvalue weighted by molar-refractivity contribution is 6.34. The van der Waals surface area contributed by atoms with Crippen LogP contribution < -0.4 is 16.8 Å². The number of nitrogens with one attached hydrogen (secondary N) is 1. The Labute approximate surface area is 114 Å².